The topological polar surface area (TPSA) is 37.6 Å². The van der Waals surface area contributed by atoms with Crippen LogP contribution in [0, 0.1) is 5.92 Å². The number of nitrogens with one attached hydrogen (secondary N) is 1. The first-order valence-electron chi connectivity index (χ1n) is 7.01. The molecule has 1 aromatic heterocycles. The van der Waals surface area contributed by atoms with Crippen LogP contribution in [-0.2, 0) is 4.74 Å². The number of hydrogen-bond acceptors (Lipinski definition) is 4. The summed E-state index contributed by atoms with van der Waals surface area (Å²) < 4.78 is 11.2. The van der Waals surface area contributed by atoms with E-state index in [1.807, 2.05) is 6.07 Å². The highest BCUT2D eigenvalue weighted by Crippen LogP contribution is 2.35. The van der Waals surface area contributed by atoms with Gasteiger partial charge in [-0.15, -0.1) is 0 Å². The van der Waals surface area contributed by atoms with Gasteiger partial charge in [0.2, 0.25) is 0 Å². The molecule has 2 fully saturated rings. The molecule has 0 bridgehead atoms. The minimum atomic E-state index is 0.436. The molecular weight excluding hydrogens is 228 g/mol. The standard InChI is InChI=1S/C14H22N2O2/c1-2-13(18-9-1)14(12-3-10-17-11-4-12)16-7-5-15-6-8-16/h1-2,9,12,14-15H,3-8,10-11H2/t14-/m1/s1. The van der Waals surface area contributed by atoms with Crippen molar-refractivity contribution in [3.63, 3.8) is 0 Å². The molecule has 0 aromatic carbocycles. The third kappa shape index (κ3) is 2.60. The molecule has 4 nitrogen and oxygen atoms in total. The van der Waals surface area contributed by atoms with Crippen molar-refractivity contribution in [2.24, 2.45) is 5.92 Å². The maximum atomic E-state index is 5.70. The molecule has 2 aliphatic heterocycles. The molecule has 3 heterocycles. The van der Waals surface area contributed by atoms with Crippen LogP contribution in [0.25, 0.3) is 0 Å². The minimum absolute atomic E-state index is 0.436. The molecule has 1 N–H and O–H groups in total. The number of piperazine rings is 1. The third-order valence-electron chi connectivity index (χ3n) is 4.09. The zero-order valence-corrected chi connectivity index (χ0v) is 10.8. The van der Waals surface area contributed by atoms with E-state index in [2.05, 4.69) is 16.3 Å². The van der Waals surface area contributed by atoms with Gasteiger partial charge >= 0.3 is 0 Å². The molecule has 100 valence electrons. The summed E-state index contributed by atoms with van der Waals surface area (Å²) in [5.41, 5.74) is 0. The Bertz CT molecular complexity index is 323. The quantitative estimate of drug-likeness (QED) is 0.885. The molecule has 4 heteroatoms. The maximum absolute atomic E-state index is 5.70. The second-order valence-electron chi connectivity index (χ2n) is 5.20. The third-order valence-corrected chi connectivity index (χ3v) is 4.09. The van der Waals surface area contributed by atoms with Gasteiger partial charge in [-0.2, -0.15) is 0 Å². The fourth-order valence-electron chi connectivity index (χ4n) is 3.16. The second kappa shape index (κ2) is 5.87. The van der Waals surface area contributed by atoms with Crippen molar-refractivity contribution in [2.45, 2.75) is 18.9 Å². The Labute approximate surface area is 108 Å². The molecule has 1 aromatic rings. The highest BCUT2D eigenvalue weighted by atomic mass is 16.5. The van der Waals surface area contributed by atoms with Gasteiger partial charge in [0, 0.05) is 39.4 Å². The van der Waals surface area contributed by atoms with Crippen molar-refractivity contribution < 1.29 is 9.15 Å². The van der Waals surface area contributed by atoms with Crippen LogP contribution in [0.4, 0.5) is 0 Å². The number of rotatable bonds is 3. The molecule has 1 atom stereocenters. The van der Waals surface area contributed by atoms with E-state index in [-0.39, 0.29) is 0 Å². The van der Waals surface area contributed by atoms with Crippen LogP contribution in [0.1, 0.15) is 24.6 Å². The van der Waals surface area contributed by atoms with Gasteiger partial charge in [0.15, 0.2) is 0 Å². The van der Waals surface area contributed by atoms with E-state index in [4.69, 9.17) is 9.15 Å². The van der Waals surface area contributed by atoms with Crippen LogP contribution in [0.5, 0.6) is 0 Å². The molecular formula is C14H22N2O2. The molecule has 3 rings (SSSR count). The SMILES string of the molecule is c1coc([C@@H](C2CCOCC2)N2CCNCC2)c1. The number of hydrogen-bond donors (Lipinski definition) is 1. The van der Waals surface area contributed by atoms with Crippen LogP contribution in [0.15, 0.2) is 22.8 Å². The summed E-state index contributed by atoms with van der Waals surface area (Å²) in [6.07, 6.45) is 4.09. The average Bonchev–Trinajstić information content (AvgIpc) is 2.95. The van der Waals surface area contributed by atoms with Gasteiger partial charge in [0.25, 0.3) is 0 Å². The zero-order chi connectivity index (χ0) is 12.2. The van der Waals surface area contributed by atoms with Crippen LogP contribution >= 0.6 is 0 Å². The van der Waals surface area contributed by atoms with Crippen molar-refractivity contribution in [3.8, 4) is 0 Å². The van der Waals surface area contributed by atoms with E-state index >= 15 is 0 Å². The van der Waals surface area contributed by atoms with E-state index in [0.717, 1.165) is 58.0 Å². The smallest absolute Gasteiger partial charge is 0.121 e. The summed E-state index contributed by atoms with van der Waals surface area (Å²) in [5, 5.41) is 3.42. The number of nitrogens with zero attached hydrogens (tertiary/aromatic N) is 1. The Morgan fingerprint density at radius 3 is 2.67 bits per heavy atom. The van der Waals surface area contributed by atoms with Crippen LogP contribution in [0.2, 0.25) is 0 Å². The van der Waals surface area contributed by atoms with Gasteiger partial charge in [-0.1, -0.05) is 0 Å². The lowest BCUT2D eigenvalue weighted by Gasteiger charge is -2.39. The zero-order valence-electron chi connectivity index (χ0n) is 10.8. The lowest BCUT2D eigenvalue weighted by Crippen LogP contribution is -2.47. The average molecular weight is 250 g/mol. The Kier molecular flexibility index (Phi) is 3.98. The summed E-state index contributed by atoms with van der Waals surface area (Å²) in [4.78, 5) is 2.57. The Morgan fingerprint density at radius 1 is 1.22 bits per heavy atom. The largest absolute Gasteiger partial charge is 0.468 e. The fourth-order valence-corrected chi connectivity index (χ4v) is 3.16. The van der Waals surface area contributed by atoms with Crippen molar-refractivity contribution in [3.05, 3.63) is 24.2 Å². The molecule has 0 unspecified atom stereocenters. The monoisotopic (exact) mass is 250 g/mol. The van der Waals surface area contributed by atoms with Gasteiger partial charge in [0.05, 0.1) is 12.3 Å². The van der Waals surface area contributed by atoms with E-state index in [1.54, 1.807) is 6.26 Å². The lowest BCUT2D eigenvalue weighted by molar-refractivity contribution is 0.0148. The highest BCUT2D eigenvalue weighted by molar-refractivity contribution is 5.07. The Morgan fingerprint density at radius 2 is 2.00 bits per heavy atom. The van der Waals surface area contributed by atoms with Gasteiger partial charge in [-0.25, -0.2) is 0 Å². The lowest BCUT2D eigenvalue weighted by atomic mass is 9.88. The predicted molar refractivity (Wildman–Crippen MR) is 69.4 cm³/mol. The minimum Gasteiger partial charge on any atom is -0.468 e. The van der Waals surface area contributed by atoms with Crippen molar-refractivity contribution >= 4 is 0 Å². The van der Waals surface area contributed by atoms with Crippen molar-refractivity contribution in [2.75, 3.05) is 39.4 Å². The van der Waals surface area contributed by atoms with Gasteiger partial charge in [-0.05, 0) is 30.9 Å². The van der Waals surface area contributed by atoms with Crippen LogP contribution < -0.4 is 5.32 Å². The van der Waals surface area contributed by atoms with Gasteiger partial charge in [-0.3, -0.25) is 4.90 Å². The van der Waals surface area contributed by atoms with Crippen LogP contribution in [0.3, 0.4) is 0 Å². The molecule has 0 radical (unpaired) electrons. The van der Waals surface area contributed by atoms with Crippen molar-refractivity contribution in [1.82, 2.24) is 10.2 Å². The second-order valence-corrected chi connectivity index (χ2v) is 5.20. The normalized spacial score (nSPS) is 25.1. The summed E-state index contributed by atoms with van der Waals surface area (Å²) in [6.45, 7) is 6.19. The molecule has 0 spiro atoms. The number of ether oxygens (including phenoxy) is 1. The van der Waals surface area contributed by atoms with Gasteiger partial charge < -0.3 is 14.5 Å². The molecule has 0 saturated carbocycles. The summed E-state index contributed by atoms with van der Waals surface area (Å²) >= 11 is 0. The molecule has 0 amide bonds. The van der Waals surface area contributed by atoms with Crippen molar-refractivity contribution in [1.29, 1.82) is 0 Å². The molecule has 18 heavy (non-hydrogen) atoms. The Hall–Kier alpha value is -0.840. The first kappa shape index (κ1) is 12.2. The highest BCUT2D eigenvalue weighted by Gasteiger charge is 2.32. The molecule has 0 aliphatic carbocycles. The summed E-state index contributed by atoms with van der Waals surface area (Å²) in [5.74, 6) is 1.80. The first-order chi connectivity index (χ1) is 8.95. The Balaban J connectivity index is 1.78. The van der Waals surface area contributed by atoms with Gasteiger partial charge in [0.1, 0.15) is 5.76 Å². The van der Waals surface area contributed by atoms with E-state index in [1.165, 1.54) is 0 Å². The summed E-state index contributed by atoms with van der Waals surface area (Å²) in [6, 6.07) is 4.57. The molecule has 2 aliphatic rings. The van der Waals surface area contributed by atoms with E-state index < -0.39 is 0 Å². The maximum Gasteiger partial charge on any atom is 0.121 e. The first-order valence-corrected chi connectivity index (χ1v) is 7.01. The van der Waals surface area contributed by atoms with E-state index in [9.17, 15) is 0 Å². The number of furan rings is 1. The predicted octanol–water partition coefficient (Wildman–Crippen LogP) is 1.65. The van der Waals surface area contributed by atoms with E-state index in [0.29, 0.717) is 12.0 Å². The van der Waals surface area contributed by atoms with Crippen LogP contribution in [-0.4, -0.2) is 44.3 Å². The summed E-state index contributed by atoms with van der Waals surface area (Å²) in [7, 11) is 0. The molecule has 2 saturated heterocycles. The fraction of sp³-hybridized carbons (Fsp3) is 0.714.